The number of para-hydroxylation sites is 1. The number of benzene rings is 2. The highest BCUT2D eigenvalue weighted by molar-refractivity contribution is 6.14. The zero-order valence-corrected chi connectivity index (χ0v) is 16.5. The Morgan fingerprint density at radius 3 is 2.28 bits per heavy atom. The Morgan fingerprint density at radius 2 is 1.66 bits per heavy atom. The normalized spacial score (nSPS) is 13.9. The van der Waals surface area contributed by atoms with Crippen molar-refractivity contribution in [2.75, 3.05) is 26.1 Å². The molecule has 3 rings (SSSR count). The van der Waals surface area contributed by atoms with Crippen LogP contribution in [0.3, 0.4) is 0 Å². The van der Waals surface area contributed by atoms with E-state index in [1.165, 1.54) is 7.11 Å². The summed E-state index contributed by atoms with van der Waals surface area (Å²) in [4.78, 5) is 37.3. The lowest BCUT2D eigenvalue weighted by Gasteiger charge is -2.16. The van der Waals surface area contributed by atoms with Gasteiger partial charge in [0.1, 0.15) is 11.2 Å². The first-order chi connectivity index (χ1) is 14.0. The molecule has 2 N–H and O–H groups in total. The molecule has 0 aliphatic heterocycles. The average Bonchev–Trinajstić information content (AvgIpc) is 3.56. The molecule has 0 unspecified atom stereocenters. The number of ether oxygens (including phenoxy) is 2. The van der Waals surface area contributed by atoms with Crippen LogP contribution in [0.5, 0.6) is 5.75 Å². The third kappa shape index (κ3) is 4.56. The van der Waals surface area contributed by atoms with Crippen LogP contribution in [0.15, 0.2) is 48.5 Å². The first kappa shape index (κ1) is 20.4. The van der Waals surface area contributed by atoms with Gasteiger partial charge in [-0.3, -0.25) is 9.59 Å². The number of carbonyl (C=O) groups is 3. The Labute approximate surface area is 169 Å². The lowest BCUT2D eigenvalue weighted by molar-refractivity contribution is -0.134. The minimum atomic E-state index is -1.08. The maximum atomic E-state index is 12.8. The van der Waals surface area contributed by atoms with Gasteiger partial charge < -0.3 is 20.1 Å². The summed E-state index contributed by atoms with van der Waals surface area (Å²) in [5, 5.41) is 5.57. The summed E-state index contributed by atoms with van der Waals surface area (Å²) in [6.07, 6.45) is 1.61. The largest absolute Gasteiger partial charge is 0.497 e. The van der Waals surface area contributed by atoms with Crippen LogP contribution in [-0.4, -0.2) is 38.5 Å². The van der Waals surface area contributed by atoms with Crippen LogP contribution in [0.4, 0.5) is 5.69 Å². The predicted molar refractivity (Wildman–Crippen MR) is 108 cm³/mol. The van der Waals surface area contributed by atoms with Crippen molar-refractivity contribution in [3.05, 3.63) is 59.7 Å². The number of amides is 2. The monoisotopic (exact) mass is 396 g/mol. The SMILES string of the molecule is COC(=O)c1ccccc1NC(=O)C1(C(=O)NCCc2ccc(OC)cc2)CC1. The number of hydrogen-bond donors (Lipinski definition) is 2. The molecule has 0 aromatic heterocycles. The molecule has 7 heteroatoms. The molecule has 1 aliphatic rings. The fourth-order valence-electron chi connectivity index (χ4n) is 3.09. The molecule has 152 valence electrons. The first-order valence-corrected chi connectivity index (χ1v) is 9.40. The summed E-state index contributed by atoms with van der Waals surface area (Å²) in [6.45, 7) is 0.430. The third-order valence-electron chi connectivity index (χ3n) is 5.06. The van der Waals surface area contributed by atoms with Gasteiger partial charge in [-0.15, -0.1) is 0 Å². The lowest BCUT2D eigenvalue weighted by atomic mass is 10.0. The van der Waals surface area contributed by atoms with Crippen LogP contribution in [-0.2, 0) is 20.7 Å². The summed E-state index contributed by atoms with van der Waals surface area (Å²) in [5.74, 6) is -0.469. The summed E-state index contributed by atoms with van der Waals surface area (Å²) in [7, 11) is 2.89. The highest BCUT2D eigenvalue weighted by atomic mass is 16.5. The summed E-state index contributed by atoms with van der Waals surface area (Å²) in [6, 6.07) is 14.2. The molecule has 2 aromatic rings. The predicted octanol–water partition coefficient (Wildman–Crippen LogP) is 2.56. The molecule has 0 bridgehead atoms. The Bertz CT molecular complexity index is 904. The van der Waals surface area contributed by atoms with Gasteiger partial charge >= 0.3 is 5.97 Å². The molecule has 29 heavy (non-hydrogen) atoms. The molecule has 2 aromatic carbocycles. The molecule has 1 aliphatic carbocycles. The van der Waals surface area contributed by atoms with Crippen molar-refractivity contribution in [3.63, 3.8) is 0 Å². The second-order valence-corrected chi connectivity index (χ2v) is 6.93. The molecule has 0 saturated heterocycles. The van der Waals surface area contributed by atoms with Gasteiger partial charge in [-0.2, -0.15) is 0 Å². The van der Waals surface area contributed by atoms with E-state index in [0.717, 1.165) is 11.3 Å². The van der Waals surface area contributed by atoms with E-state index in [1.807, 2.05) is 24.3 Å². The zero-order valence-electron chi connectivity index (χ0n) is 16.5. The molecule has 7 nitrogen and oxygen atoms in total. The molecule has 0 radical (unpaired) electrons. The van der Waals surface area contributed by atoms with E-state index in [-0.39, 0.29) is 11.5 Å². The number of hydrogen-bond acceptors (Lipinski definition) is 5. The van der Waals surface area contributed by atoms with Gasteiger partial charge in [0.25, 0.3) is 0 Å². The van der Waals surface area contributed by atoms with Crippen molar-refractivity contribution in [1.29, 1.82) is 0 Å². The lowest BCUT2D eigenvalue weighted by Crippen LogP contribution is -2.40. The number of esters is 1. The van der Waals surface area contributed by atoms with Gasteiger partial charge in [-0.05, 0) is 49.1 Å². The van der Waals surface area contributed by atoms with Crippen LogP contribution in [0, 0.1) is 5.41 Å². The van der Waals surface area contributed by atoms with Crippen molar-refractivity contribution in [2.45, 2.75) is 19.3 Å². The maximum Gasteiger partial charge on any atom is 0.339 e. The molecule has 0 spiro atoms. The van der Waals surface area contributed by atoms with Crippen molar-refractivity contribution in [1.82, 2.24) is 5.32 Å². The number of methoxy groups -OCH3 is 2. The fraction of sp³-hybridized carbons (Fsp3) is 0.318. The second kappa shape index (κ2) is 8.77. The molecule has 0 heterocycles. The van der Waals surface area contributed by atoms with Crippen LogP contribution < -0.4 is 15.4 Å². The Balaban J connectivity index is 1.58. The number of rotatable bonds is 8. The highest BCUT2D eigenvalue weighted by Gasteiger charge is 2.56. The van der Waals surface area contributed by atoms with Gasteiger partial charge in [0.15, 0.2) is 0 Å². The van der Waals surface area contributed by atoms with Gasteiger partial charge in [0, 0.05) is 6.54 Å². The number of anilines is 1. The van der Waals surface area contributed by atoms with E-state index in [2.05, 4.69) is 10.6 Å². The van der Waals surface area contributed by atoms with Gasteiger partial charge in [0.2, 0.25) is 11.8 Å². The molecule has 1 saturated carbocycles. The summed E-state index contributed by atoms with van der Waals surface area (Å²) >= 11 is 0. The molecular formula is C22H24N2O5. The van der Waals surface area contributed by atoms with Crippen molar-refractivity contribution < 1.29 is 23.9 Å². The van der Waals surface area contributed by atoms with Crippen molar-refractivity contribution in [2.24, 2.45) is 5.41 Å². The molecule has 2 amide bonds. The Morgan fingerprint density at radius 1 is 0.966 bits per heavy atom. The molecule has 0 atom stereocenters. The van der Waals surface area contributed by atoms with E-state index in [9.17, 15) is 14.4 Å². The van der Waals surface area contributed by atoms with E-state index >= 15 is 0 Å². The summed E-state index contributed by atoms with van der Waals surface area (Å²) < 4.78 is 9.87. The zero-order chi connectivity index (χ0) is 20.9. The van der Waals surface area contributed by atoms with Gasteiger partial charge in [0.05, 0.1) is 25.5 Å². The van der Waals surface area contributed by atoms with Crippen molar-refractivity contribution in [3.8, 4) is 5.75 Å². The summed E-state index contributed by atoms with van der Waals surface area (Å²) in [5.41, 5.74) is 0.566. The maximum absolute atomic E-state index is 12.8. The average molecular weight is 396 g/mol. The van der Waals surface area contributed by atoms with Gasteiger partial charge in [-0.1, -0.05) is 24.3 Å². The highest BCUT2D eigenvalue weighted by Crippen LogP contribution is 2.47. The third-order valence-corrected chi connectivity index (χ3v) is 5.06. The number of nitrogens with one attached hydrogen (secondary N) is 2. The Kier molecular flexibility index (Phi) is 6.16. The first-order valence-electron chi connectivity index (χ1n) is 9.40. The second-order valence-electron chi connectivity index (χ2n) is 6.93. The Hall–Kier alpha value is -3.35. The van der Waals surface area contributed by atoms with Crippen LogP contribution in [0.1, 0.15) is 28.8 Å². The van der Waals surface area contributed by atoms with Crippen LogP contribution in [0.2, 0.25) is 0 Å². The van der Waals surface area contributed by atoms with E-state index in [0.29, 0.717) is 31.5 Å². The fourth-order valence-corrected chi connectivity index (χ4v) is 3.09. The van der Waals surface area contributed by atoms with E-state index in [1.54, 1.807) is 31.4 Å². The van der Waals surface area contributed by atoms with Crippen LogP contribution in [0.25, 0.3) is 0 Å². The van der Waals surface area contributed by atoms with E-state index < -0.39 is 17.3 Å². The van der Waals surface area contributed by atoms with E-state index in [4.69, 9.17) is 9.47 Å². The smallest absolute Gasteiger partial charge is 0.339 e. The minimum Gasteiger partial charge on any atom is -0.497 e. The van der Waals surface area contributed by atoms with Gasteiger partial charge in [-0.25, -0.2) is 4.79 Å². The molecular weight excluding hydrogens is 372 g/mol. The standard InChI is InChI=1S/C22H24N2O5/c1-28-16-9-7-15(8-10-16)11-14-23-20(26)22(12-13-22)21(27)24-18-6-4-3-5-17(18)19(25)29-2/h3-10H,11-14H2,1-2H3,(H,23,26)(H,24,27). The quantitative estimate of drug-likeness (QED) is 0.528. The topological polar surface area (TPSA) is 93.7 Å². The van der Waals surface area contributed by atoms with Crippen molar-refractivity contribution >= 4 is 23.5 Å². The minimum absolute atomic E-state index is 0.249. The molecule has 1 fully saturated rings. The van der Waals surface area contributed by atoms with Crippen LogP contribution >= 0.6 is 0 Å². The number of carbonyl (C=O) groups excluding carboxylic acids is 3.